The number of ether oxygens (including phenoxy) is 1. The summed E-state index contributed by atoms with van der Waals surface area (Å²) in [6.45, 7) is 5.48. The van der Waals surface area contributed by atoms with Crippen molar-refractivity contribution in [3.8, 4) is 0 Å². The Morgan fingerprint density at radius 2 is 1.82 bits per heavy atom. The zero-order valence-electron chi connectivity index (χ0n) is 12.9. The second-order valence-corrected chi connectivity index (χ2v) is 6.49. The van der Waals surface area contributed by atoms with Crippen molar-refractivity contribution in [1.29, 1.82) is 0 Å². The lowest BCUT2D eigenvalue weighted by Crippen LogP contribution is -2.39. The van der Waals surface area contributed by atoms with Gasteiger partial charge in [0.15, 0.2) is 0 Å². The minimum Gasteiger partial charge on any atom is -0.462 e. The average Bonchev–Trinajstić information content (AvgIpc) is 2.42. The Morgan fingerprint density at radius 3 is 2.36 bits per heavy atom. The lowest BCUT2D eigenvalue weighted by Gasteiger charge is -2.34. The maximum atomic E-state index is 12.5. The Kier molecular flexibility index (Phi) is 7.98. The molecular formula is C16H22Cl3NO2. The van der Waals surface area contributed by atoms with Gasteiger partial charge in [0.1, 0.15) is 6.04 Å². The maximum absolute atomic E-state index is 12.5. The van der Waals surface area contributed by atoms with Crippen molar-refractivity contribution in [3.63, 3.8) is 0 Å². The predicted octanol–water partition coefficient (Wildman–Crippen LogP) is 4.89. The number of likely N-dealkylation sites (tertiary alicyclic amines) is 1. The van der Waals surface area contributed by atoms with Crippen LogP contribution in [0.2, 0.25) is 10.0 Å². The minimum absolute atomic E-state index is 0. The van der Waals surface area contributed by atoms with Gasteiger partial charge in [0, 0.05) is 10.0 Å². The first-order valence-electron chi connectivity index (χ1n) is 7.38. The van der Waals surface area contributed by atoms with Crippen molar-refractivity contribution in [1.82, 2.24) is 4.90 Å². The number of benzene rings is 1. The molecule has 1 atom stereocenters. The Balaban J connectivity index is 0.00000242. The van der Waals surface area contributed by atoms with Gasteiger partial charge >= 0.3 is 5.97 Å². The van der Waals surface area contributed by atoms with Crippen molar-refractivity contribution in [2.24, 2.45) is 0 Å². The summed E-state index contributed by atoms with van der Waals surface area (Å²) < 4.78 is 5.43. The highest BCUT2D eigenvalue weighted by molar-refractivity contribution is 6.35. The molecule has 1 aromatic rings. The van der Waals surface area contributed by atoms with Gasteiger partial charge in [-0.3, -0.25) is 4.90 Å². The second-order valence-electron chi connectivity index (χ2n) is 5.65. The largest absolute Gasteiger partial charge is 0.462 e. The molecule has 1 aliphatic heterocycles. The second kappa shape index (κ2) is 8.97. The summed E-state index contributed by atoms with van der Waals surface area (Å²) in [4.78, 5) is 14.7. The SMILES string of the molecule is CC(C)OC(=O)C(c1ccc(Cl)cc1Cl)N1CCCCC1.Cl. The van der Waals surface area contributed by atoms with Crippen molar-refractivity contribution in [2.75, 3.05) is 13.1 Å². The summed E-state index contributed by atoms with van der Waals surface area (Å²) in [7, 11) is 0. The van der Waals surface area contributed by atoms with E-state index in [1.807, 2.05) is 19.9 Å². The van der Waals surface area contributed by atoms with Gasteiger partial charge in [-0.05, 0) is 57.5 Å². The Labute approximate surface area is 148 Å². The van der Waals surface area contributed by atoms with Crippen LogP contribution < -0.4 is 0 Å². The van der Waals surface area contributed by atoms with Gasteiger partial charge in [0.05, 0.1) is 6.10 Å². The lowest BCUT2D eigenvalue weighted by molar-refractivity contribution is -0.154. The first-order chi connectivity index (χ1) is 9.99. The molecule has 0 aliphatic carbocycles. The zero-order valence-corrected chi connectivity index (χ0v) is 15.2. The highest BCUT2D eigenvalue weighted by atomic mass is 35.5. The van der Waals surface area contributed by atoms with Crippen LogP contribution in [0.25, 0.3) is 0 Å². The minimum atomic E-state index is -0.447. The van der Waals surface area contributed by atoms with E-state index in [1.54, 1.807) is 12.1 Å². The third-order valence-corrected chi connectivity index (χ3v) is 4.15. The number of carbonyl (C=O) groups excluding carboxylic acids is 1. The molecule has 0 radical (unpaired) electrons. The Hall–Kier alpha value is -0.480. The van der Waals surface area contributed by atoms with Crippen LogP contribution in [-0.4, -0.2) is 30.1 Å². The van der Waals surface area contributed by atoms with Gasteiger partial charge in [-0.15, -0.1) is 12.4 Å². The van der Waals surface area contributed by atoms with Crippen LogP contribution in [0.3, 0.4) is 0 Å². The molecule has 1 saturated heterocycles. The fraction of sp³-hybridized carbons (Fsp3) is 0.562. The van der Waals surface area contributed by atoms with E-state index in [0.717, 1.165) is 31.5 Å². The van der Waals surface area contributed by atoms with E-state index in [4.69, 9.17) is 27.9 Å². The standard InChI is InChI=1S/C16H21Cl2NO2.ClH/c1-11(2)21-16(20)15(19-8-4-3-5-9-19)13-7-6-12(17)10-14(13)18;/h6-7,10-11,15H,3-5,8-9H2,1-2H3;1H. The van der Waals surface area contributed by atoms with E-state index >= 15 is 0 Å². The van der Waals surface area contributed by atoms with Crippen LogP contribution in [0.4, 0.5) is 0 Å². The molecule has 2 rings (SSSR count). The highest BCUT2D eigenvalue weighted by Gasteiger charge is 2.32. The number of hydrogen-bond acceptors (Lipinski definition) is 3. The summed E-state index contributed by atoms with van der Waals surface area (Å²) >= 11 is 12.3. The highest BCUT2D eigenvalue weighted by Crippen LogP contribution is 2.32. The number of carbonyl (C=O) groups is 1. The van der Waals surface area contributed by atoms with Gasteiger partial charge in [-0.25, -0.2) is 4.79 Å². The Morgan fingerprint density at radius 1 is 1.18 bits per heavy atom. The fourth-order valence-corrected chi connectivity index (χ4v) is 3.18. The molecule has 6 heteroatoms. The predicted molar refractivity (Wildman–Crippen MR) is 93.1 cm³/mol. The molecule has 0 saturated carbocycles. The van der Waals surface area contributed by atoms with Gasteiger partial charge in [0.25, 0.3) is 0 Å². The molecule has 0 aromatic heterocycles. The normalized spacial score (nSPS) is 17.0. The number of piperidine rings is 1. The van der Waals surface area contributed by atoms with Crippen LogP contribution in [0.5, 0.6) is 0 Å². The molecular weight excluding hydrogens is 345 g/mol. The summed E-state index contributed by atoms with van der Waals surface area (Å²) in [5, 5.41) is 1.08. The number of esters is 1. The van der Waals surface area contributed by atoms with Crippen molar-refractivity contribution in [2.45, 2.75) is 45.3 Å². The number of hydrogen-bond donors (Lipinski definition) is 0. The summed E-state index contributed by atoms with van der Waals surface area (Å²) in [6, 6.07) is 4.82. The van der Waals surface area contributed by atoms with E-state index in [9.17, 15) is 4.79 Å². The number of halogens is 3. The lowest BCUT2D eigenvalue weighted by atomic mass is 10.0. The van der Waals surface area contributed by atoms with Gasteiger partial charge in [0.2, 0.25) is 0 Å². The quantitative estimate of drug-likeness (QED) is 0.710. The molecule has 1 heterocycles. The van der Waals surface area contributed by atoms with Crippen LogP contribution >= 0.6 is 35.6 Å². The van der Waals surface area contributed by atoms with E-state index in [0.29, 0.717) is 10.0 Å². The molecule has 0 bridgehead atoms. The summed E-state index contributed by atoms with van der Waals surface area (Å²) in [5.41, 5.74) is 0.772. The van der Waals surface area contributed by atoms with Crippen LogP contribution in [-0.2, 0) is 9.53 Å². The average molecular weight is 367 g/mol. The van der Waals surface area contributed by atoms with Gasteiger partial charge < -0.3 is 4.74 Å². The van der Waals surface area contributed by atoms with Crippen molar-refractivity contribution in [3.05, 3.63) is 33.8 Å². The van der Waals surface area contributed by atoms with Crippen molar-refractivity contribution >= 4 is 41.6 Å². The van der Waals surface area contributed by atoms with Crippen molar-refractivity contribution < 1.29 is 9.53 Å². The molecule has 1 unspecified atom stereocenters. The van der Waals surface area contributed by atoms with Gasteiger partial charge in [-0.2, -0.15) is 0 Å². The molecule has 1 aromatic carbocycles. The molecule has 0 spiro atoms. The summed E-state index contributed by atoms with van der Waals surface area (Å²) in [6.07, 6.45) is 3.25. The number of rotatable bonds is 4. The fourth-order valence-electron chi connectivity index (χ4n) is 2.67. The molecule has 124 valence electrons. The number of nitrogens with zero attached hydrogens (tertiary/aromatic N) is 1. The third-order valence-electron chi connectivity index (χ3n) is 3.59. The van der Waals surface area contributed by atoms with Gasteiger partial charge in [-0.1, -0.05) is 35.7 Å². The Bertz CT molecular complexity index is 502. The molecule has 0 amide bonds. The molecule has 1 aliphatic rings. The van der Waals surface area contributed by atoms with E-state index in [1.165, 1.54) is 6.42 Å². The molecule has 3 nitrogen and oxygen atoms in total. The van der Waals surface area contributed by atoms with Crippen LogP contribution in [0.1, 0.15) is 44.7 Å². The molecule has 0 N–H and O–H groups in total. The monoisotopic (exact) mass is 365 g/mol. The zero-order chi connectivity index (χ0) is 15.4. The van der Waals surface area contributed by atoms with Crippen LogP contribution in [0.15, 0.2) is 18.2 Å². The first kappa shape index (κ1) is 19.6. The summed E-state index contributed by atoms with van der Waals surface area (Å²) in [5.74, 6) is -0.240. The van der Waals surface area contributed by atoms with E-state index < -0.39 is 6.04 Å². The smallest absolute Gasteiger partial charge is 0.328 e. The molecule has 22 heavy (non-hydrogen) atoms. The van der Waals surface area contributed by atoms with E-state index in [2.05, 4.69) is 4.90 Å². The maximum Gasteiger partial charge on any atom is 0.328 e. The molecule has 1 fully saturated rings. The third kappa shape index (κ3) is 5.02. The first-order valence-corrected chi connectivity index (χ1v) is 8.14. The van der Waals surface area contributed by atoms with E-state index in [-0.39, 0.29) is 24.5 Å². The topological polar surface area (TPSA) is 29.5 Å². The van der Waals surface area contributed by atoms with Crippen LogP contribution in [0, 0.1) is 0 Å².